The molecule has 0 heterocycles. The average Bonchev–Trinajstić information content (AvgIpc) is 2.25. The lowest BCUT2D eigenvalue weighted by atomic mass is 9.67. The molecule has 1 fully saturated rings. The minimum atomic E-state index is -1.34. The summed E-state index contributed by atoms with van der Waals surface area (Å²) in [5.41, 5.74) is 10.3. The van der Waals surface area contributed by atoms with E-state index in [0.717, 1.165) is 6.42 Å². The molecule has 7 heteroatoms. The highest BCUT2D eigenvalue weighted by molar-refractivity contribution is 6.40. The van der Waals surface area contributed by atoms with Crippen LogP contribution in [0.3, 0.4) is 0 Å². The van der Waals surface area contributed by atoms with Gasteiger partial charge in [0.2, 0.25) is 0 Å². The fourth-order valence-electron chi connectivity index (χ4n) is 2.71. The molecular weight excluding hydrogens is 223 g/mol. The number of carboxylic acids is 1. The van der Waals surface area contributed by atoms with Crippen molar-refractivity contribution in [2.45, 2.75) is 37.5 Å². The van der Waals surface area contributed by atoms with Gasteiger partial charge in [-0.05, 0) is 44.0 Å². The van der Waals surface area contributed by atoms with Crippen LogP contribution in [0.1, 0.15) is 25.7 Å². The molecule has 1 aliphatic carbocycles. The third-order valence-electron chi connectivity index (χ3n) is 3.56. The molecule has 0 saturated heterocycles. The number of carboxylic acid groups (broad SMARTS) is 1. The Hall–Kier alpha value is -0.625. The molecule has 7 N–H and O–H groups in total. The van der Waals surface area contributed by atoms with E-state index in [2.05, 4.69) is 0 Å². The molecule has 0 radical (unpaired) electrons. The molecule has 17 heavy (non-hydrogen) atoms. The predicted octanol–water partition coefficient (Wildman–Crippen LogP) is -0.994. The molecule has 0 spiro atoms. The van der Waals surface area contributed by atoms with Crippen LogP contribution in [0.15, 0.2) is 0 Å². The van der Waals surface area contributed by atoms with Gasteiger partial charge in [0.15, 0.2) is 0 Å². The van der Waals surface area contributed by atoms with Crippen LogP contribution in [0.5, 0.6) is 0 Å². The van der Waals surface area contributed by atoms with Gasteiger partial charge in [0.1, 0.15) is 5.54 Å². The van der Waals surface area contributed by atoms with Crippen molar-refractivity contribution in [2.24, 2.45) is 23.3 Å². The van der Waals surface area contributed by atoms with Crippen LogP contribution >= 0.6 is 0 Å². The van der Waals surface area contributed by atoms with Crippen LogP contribution < -0.4 is 11.5 Å². The molecule has 0 bridgehead atoms. The average molecular weight is 244 g/mol. The SMILES string of the molecule is NCC1CC(CCB(O)O)C[C@](N)(C(=O)O)C1. The Balaban J connectivity index is 2.63. The van der Waals surface area contributed by atoms with Crippen molar-refractivity contribution >= 4 is 13.1 Å². The van der Waals surface area contributed by atoms with Gasteiger partial charge in [-0.1, -0.05) is 6.42 Å². The molecule has 0 amide bonds. The molecule has 1 aliphatic rings. The van der Waals surface area contributed by atoms with E-state index in [4.69, 9.17) is 26.6 Å². The second-order valence-corrected chi connectivity index (χ2v) is 5.13. The van der Waals surface area contributed by atoms with Crippen molar-refractivity contribution in [1.82, 2.24) is 0 Å². The Morgan fingerprint density at radius 2 is 1.94 bits per heavy atom. The van der Waals surface area contributed by atoms with E-state index in [1.54, 1.807) is 0 Å². The van der Waals surface area contributed by atoms with E-state index in [0.29, 0.717) is 25.8 Å². The number of carbonyl (C=O) groups is 1. The number of aliphatic carboxylic acids is 1. The minimum absolute atomic E-state index is 0.0974. The van der Waals surface area contributed by atoms with Crippen molar-refractivity contribution in [3.63, 3.8) is 0 Å². The monoisotopic (exact) mass is 244 g/mol. The standard InChI is InChI=1S/C10H21BN2O4/c12-6-8-3-7(1-2-11(16)17)4-10(13,5-8)9(14)15/h7-8,16-17H,1-6,12-13H2,(H,14,15)/t7?,8?,10-/m1/s1. The Kier molecular flexibility index (Phi) is 4.94. The summed E-state index contributed by atoms with van der Waals surface area (Å²) >= 11 is 0. The van der Waals surface area contributed by atoms with Gasteiger partial charge in [-0.2, -0.15) is 0 Å². The molecule has 98 valence electrons. The van der Waals surface area contributed by atoms with Crippen LogP contribution in [-0.2, 0) is 4.79 Å². The first-order chi connectivity index (χ1) is 7.87. The highest BCUT2D eigenvalue weighted by atomic mass is 16.4. The minimum Gasteiger partial charge on any atom is -0.480 e. The second-order valence-electron chi connectivity index (χ2n) is 5.13. The van der Waals surface area contributed by atoms with Crippen molar-refractivity contribution in [3.05, 3.63) is 0 Å². The summed E-state index contributed by atoms with van der Waals surface area (Å²) in [6.45, 7) is 0.421. The zero-order valence-corrected chi connectivity index (χ0v) is 9.88. The number of nitrogens with two attached hydrogens (primary N) is 2. The van der Waals surface area contributed by atoms with Gasteiger partial charge in [0, 0.05) is 0 Å². The molecule has 3 atom stereocenters. The molecule has 0 aromatic heterocycles. The van der Waals surface area contributed by atoms with Gasteiger partial charge in [-0.25, -0.2) is 0 Å². The summed E-state index contributed by atoms with van der Waals surface area (Å²) < 4.78 is 0. The van der Waals surface area contributed by atoms with Gasteiger partial charge < -0.3 is 26.6 Å². The van der Waals surface area contributed by atoms with Crippen LogP contribution in [0.2, 0.25) is 6.32 Å². The zero-order chi connectivity index (χ0) is 13.1. The molecular formula is C10H21BN2O4. The molecule has 0 aliphatic heterocycles. The van der Waals surface area contributed by atoms with Crippen molar-refractivity contribution in [3.8, 4) is 0 Å². The van der Waals surface area contributed by atoms with Gasteiger partial charge in [-0.3, -0.25) is 4.79 Å². The van der Waals surface area contributed by atoms with Crippen molar-refractivity contribution < 1.29 is 19.9 Å². The van der Waals surface area contributed by atoms with E-state index in [-0.39, 0.29) is 18.2 Å². The first-order valence-corrected chi connectivity index (χ1v) is 5.96. The summed E-state index contributed by atoms with van der Waals surface area (Å²) in [6.07, 6.45) is 2.41. The van der Waals surface area contributed by atoms with Gasteiger partial charge in [0.05, 0.1) is 0 Å². The lowest BCUT2D eigenvalue weighted by molar-refractivity contribution is -0.146. The van der Waals surface area contributed by atoms with E-state index >= 15 is 0 Å². The van der Waals surface area contributed by atoms with Gasteiger partial charge in [0.25, 0.3) is 0 Å². The fraction of sp³-hybridized carbons (Fsp3) is 0.900. The third-order valence-corrected chi connectivity index (χ3v) is 3.56. The van der Waals surface area contributed by atoms with Gasteiger partial charge >= 0.3 is 13.1 Å². The highest BCUT2D eigenvalue weighted by Gasteiger charge is 2.42. The zero-order valence-electron chi connectivity index (χ0n) is 9.88. The fourth-order valence-corrected chi connectivity index (χ4v) is 2.71. The second kappa shape index (κ2) is 5.81. The first-order valence-electron chi connectivity index (χ1n) is 5.96. The predicted molar refractivity (Wildman–Crippen MR) is 64.1 cm³/mol. The Labute approximate surface area is 101 Å². The molecule has 2 unspecified atom stereocenters. The Bertz CT molecular complexity index is 277. The first kappa shape index (κ1) is 14.4. The third kappa shape index (κ3) is 3.95. The normalized spacial score (nSPS) is 33.4. The summed E-state index contributed by atoms with van der Waals surface area (Å²) in [5.74, 6) is -0.795. The number of hydrogen-bond acceptors (Lipinski definition) is 5. The van der Waals surface area contributed by atoms with Crippen LogP contribution in [0.25, 0.3) is 0 Å². The maximum Gasteiger partial charge on any atom is 0.451 e. The van der Waals surface area contributed by atoms with Crippen LogP contribution in [0, 0.1) is 11.8 Å². The topological polar surface area (TPSA) is 130 Å². The van der Waals surface area contributed by atoms with Crippen LogP contribution in [0.4, 0.5) is 0 Å². The van der Waals surface area contributed by atoms with Crippen molar-refractivity contribution in [1.29, 1.82) is 0 Å². The number of rotatable bonds is 5. The molecule has 0 aromatic carbocycles. The van der Waals surface area contributed by atoms with Crippen molar-refractivity contribution in [2.75, 3.05) is 6.54 Å². The van der Waals surface area contributed by atoms with E-state index in [1.807, 2.05) is 0 Å². The Morgan fingerprint density at radius 3 is 2.41 bits per heavy atom. The van der Waals surface area contributed by atoms with Gasteiger partial charge in [-0.15, -0.1) is 0 Å². The smallest absolute Gasteiger partial charge is 0.451 e. The highest BCUT2D eigenvalue weighted by Crippen LogP contribution is 2.37. The summed E-state index contributed by atoms with van der Waals surface area (Å²) in [4.78, 5) is 11.2. The molecule has 1 rings (SSSR count). The quantitative estimate of drug-likeness (QED) is 0.394. The largest absolute Gasteiger partial charge is 0.480 e. The molecule has 0 aromatic rings. The summed E-state index contributed by atoms with van der Waals surface area (Å²) in [6, 6.07) is 0. The lowest BCUT2D eigenvalue weighted by Gasteiger charge is -2.39. The summed E-state index contributed by atoms with van der Waals surface area (Å²) in [5, 5.41) is 26.8. The lowest BCUT2D eigenvalue weighted by Crippen LogP contribution is -2.54. The Morgan fingerprint density at radius 1 is 1.35 bits per heavy atom. The van der Waals surface area contributed by atoms with Crippen LogP contribution in [-0.4, -0.2) is 40.3 Å². The summed E-state index contributed by atoms with van der Waals surface area (Å²) in [7, 11) is -1.34. The van der Waals surface area contributed by atoms with E-state index in [9.17, 15) is 4.79 Å². The maximum absolute atomic E-state index is 11.2. The molecule has 1 saturated carbocycles. The van der Waals surface area contributed by atoms with E-state index in [1.165, 1.54) is 0 Å². The van der Waals surface area contributed by atoms with E-state index < -0.39 is 18.6 Å². The number of hydrogen-bond donors (Lipinski definition) is 5. The maximum atomic E-state index is 11.2. The molecule has 6 nitrogen and oxygen atoms in total.